The van der Waals surface area contributed by atoms with Gasteiger partial charge in [0.1, 0.15) is 17.2 Å². The molecular weight excluding hydrogens is 476 g/mol. The maximum absolute atomic E-state index is 12.5. The molecule has 12 heteroatoms. The molecule has 10 nitrogen and oxygen atoms in total. The number of anilines is 1. The maximum Gasteiger partial charge on any atom is 0.236 e. The van der Waals surface area contributed by atoms with Crippen molar-refractivity contribution in [3.8, 4) is 39.9 Å². The quantitative estimate of drug-likeness (QED) is 0.263. The Labute approximate surface area is 204 Å². The number of nitrogens with one attached hydrogen (secondary N) is 1. The Bertz CT molecular complexity index is 1310. The van der Waals surface area contributed by atoms with E-state index in [1.54, 1.807) is 27.4 Å². The molecule has 3 N–H and O–H groups in total. The highest BCUT2D eigenvalue weighted by molar-refractivity contribution is 7.99. The van der Waals surface area contributed by atoms with Crippen LogP contribution in [0.15, 0.2) is 53.0 Å². The SMILES string of the molecule is COc1ccc(-c2csc(NC(=O)CSc3nnc(-c4ccccc4OC)n3N)n2)c(OC)c1. The number of carbonyl (C=O) groups excluding carboxylic acids is 1. The van der Waals surface area contributed by atoms with Crippen LogP contribution in [0.2, 0.25) is 0 Å². The standard InChI is InChI=1S/C22H22N6O4S2/c1-30-13-8-9-14(18(10-13)32-3)16-11-33-21(24-16)25-19(29)12-34-22-27-26-20(28(22)23)15-6-4-5-7-17(15)31-2/h4-11H,12,23H2,1-3H3,(H,24,25,29). The molecule has 0 saturated heterocycles. The number of benzene rings is 2. The molecule has 34 heavy (non-hydrogen) atoms. The Hall–Kier alpha value is -3.77. The van der Waals surface area contributed by atoms with Crippen LogP contribution in [0.4, 0.5) is 5.13 Å². The van der Waals surface area contributed by atoms with E-state index in [1.165, 1.54) is 27.8 Å². The zero-order chi connectivity index (χ0) is 24.1. The Morgan fingerprint density at radius 1 is 1.06 bits per heavy atom. The zero-order valence-electron chi connectivity index (χ0n) is 18.6. The van der Waals surface area contributed by atoms with Crippen molar-refractivity contribution in [2.24, 2.45) is 0 Å². The number of carbonyl (C=O) groups is 1. The second-order valence-corrected chi connectivity index (χ2v) is 8.62. The fraction of sp³-hybridized carbons (Fsp3) is 0.182. The lowest BCUT2D eigenvalue weighted by molar-refractivity contribution is -0.113. The number of amides is 1. The van der Waals surface area contributed by atoms with Crippen molar-refractivity contribution in [1.82, 2.24) is 19.9 Å². The molecule has 0 saturated carbocycles. The van der Waals surface area contributed by atoms with Gasteiger partial charge in [0.2, 0.25) is 11.1 Å². The van der Waals surface area contributed by atoms with Crippen molar-refractivity contribution in [2.45, 2.75) is 5.16 Å². The largest absolute Gasteiger partial charge is 0.497 e. The third-order valence-corrected chi connectivity index (χ3v) is 6.48. The molecular formula is C22H22N6O4S2. The molecule has 2 heterocycles. The molecule has 2 aromatic heterocycles. The number of hydrogen-bond donors (Lipinski definition) is 2. The van der Waals surface area contributed by atoms with Gasteiger partial charge in [-0.05, 0) is 24.3 Å². The first-order chi connectivity index (χ1) is 16.5. The molecule has 176 valence electrons. The molecule has 2 aromatic carbocycles. The summed E-state index contributed by atoms with van der Waals surface area (Å²) in [4.78, 5) is 17.0. The van der Waals surface area contributed by atoms with Crippen molar-refractivity contribution < 1.29 is 19.0 Å². The monoisotopic (exact) mass is 498 g/mol. The average molecular weight is 499 g/mol. The number of nitrogens with two attached hydrogens (primary N) is 1. The number of aromatic nitrogens is 4. The number of hydrogen-bond acceptors (Lipinski definition) is 10. The summed E-state index contributed by atoms with van der Waals surface area (Å²) in [5, 5.41) is 13.8. The first-order valence-electron chi connectivity index (χ1n) is 9.98. The smallest absolute Gasteiger partial charge is 0.236 e. The minimum Gasteiger partial charge on any atom is -0.497 e. The summed E-state index contributed by atoms with van der Waals surface area (Å²) in [7, 11) is 4.75. The van der Waals surface area contributed by atoms with Gasteiger partial charge in [-0.2, -0.15) is 0 Å². The molecule has 1 amide bonds. The van der Waals surface area contributed by atoms with Gasteiger partial charge in [-0.1, -0.05) is 23.9 Å². The van der Waals surface area contributed by atoms with E-state index in [2.05, 4.69) is 20.5 Å². The summed E-state index contributed by atoms with van der Waals surface area (Å²) in [6.07, 6.45) is 0. The van der Waals surface area contributed by atoms with Crippen molar-refractivity contribution in [3.63, 3.8) is 0 Å². The van der Waals surface area contributed by atoms with Gasteiger partial charge in [0.25, 0.3) is 0 Å². The van der Waals surface area contributed by atoms with Crippen LogP contribution in [0.5, 0.6) is 17.2 Å². The van der Waals surface area contributed by atoms with Crippen LogP contribution in [0, 0.1) is 0 Å². The number of ether oxygens (including phenoxy) is 3. The second-order valence-electron chi connectivity index (χ2n) is 6.82. The van der Waals surface area contributed by atoms with Gasteiger partial charge in [-0.25, -0.2) is 9.66 Å². The molecule has 0 aliphatic heterocycles. The van der Waals surface area contributed by atoms with Crippen molar-refractivity contribution in [2.75, 3.05) is 38.2 Å². The molecule has 0 aliphatic carbocycles. The summed E-state index contributed by atoms with van der Waals surface area (Å²) in [5.41, 5.74) is 2.20. The third-order valence-electron chi connectivity index (χ3n) is 4.78. The lowest BCUT2D eigenvalue weighted by atomic mass is 10.1. The number of methoxy groups -OCH3 is 3. The first-order valence-corrected chi connectivity index (χ1v) is 11.8. The van der Waals surface area contributed by atoms with Crippen molar-refractivity contribution in [1.29, 1.82) is 0 Å². The minimum absolute atomic E-state index is 0.0853. The highest BCUT2D eigenvalue weighted by atomic mass is 32.2. The Morgan fingerprint density at radius 3 is 2.62 bits per heavy atom. The Balaban J connectivity index is 1.41. The minimum atomic E-state index is -0.241. The maximum atomic E-state index is 12.5. The van der Waals surface area contributed by atoms with Crippen LogP contribution in [0.3, 0.4) is 0 Å². The van der Waals surface area contributed by atoms with Crippen molar-refractivity contribution in [3.05, 3.63) is 47.8 Å². The fourth-order valence-corrected chi connectivity index (χ4v) is 4.52. The number of thioether (sulfide) groups is 1. The number of thiazole rings is 1. The number of para-hydroxylation sites is 1. The average Bonchev–Trinajstić information content (AvgIpc) is 3.48. The molecule has 0 atom stereocenters. The van der Waals surface area contributed by atoms with E-state index in [0.717, 1.165) is 5.56 Å². The first kappa shape index (κ1) is 23.4. The molecule has 4 rings (SSSR count). The van der Waals surface area contributed by atoms with Crippen LogP contribution < -0.4 is 25.4 Å². The lowest BCUT2D eigenvalue weighted by Crippen LogP contribution is -2.16. The normalized spacial score (nSPS) is 10.7. The molecule has 0 radical (unpaired) electrons. The molecule has 0 aliphatic rings. The van der Waals surface area contributed by atoms with E-state index >= 15 is 0 Å². The van der Waals surface area contributed by atoms with Crippen molar-refractivity contribution >= 4 is 34.1 Å². The van der Waals surface area contributed by atoms with E-state index < -0.39 is 0 Å². The topological polar surface area (TPSA) is 126 Å². The summed E-state index contributed by atoms with van der Waals surface area (Å²) < 4.78 is 17.4. The predicted molar refractivity (Wildman–Crippen MR) is 132 cm³/mol. The van der Waals surface area contributed by atoms with Gasteiger partial charge < -0.3 is 25.4 Å². The zero-order valence-corrected chi connectivity index (χ0v) is 20.3. The van der Waals surface area contributed by atoms with Crippen LogP contribution >= 0.6 is 23.1 Å². The Morgan fingerprint density at radius 2 is 1.85 bits per heavy atom. The molecule has 0 unspecified atom stereocenters. The fourth-order valence-electron chi connectivity index (χ4n) is 3.14. The summed E-state index contributed by atoms with van der Waals surface area (Å²) >= 11 is 2.49. The summed E-state index contributed by atoms with van der Waals surface area (Å²) in [6, 6.07) is 12.8. The molecule has 0 spiro atoms. The van der Waals surface area contributed by atoms with E-state index in [4.69, 9.17) is 20.1 Å². The van der Waals surface area contributed by atoms with Gasteiger partial charge in [-0.3, -0.25) is 4.79 Å². The highest BCUT2D eigenvalue weighted by Crippen LogP contribution is 2.35. The van der Waals surface area contributed by atoms with Gasteiger partial charge in [-0.15, -0.1) is 21.5 Å². The predicted octanol–water partition coefficient (Wildman–Crippen LogP) is 3.54. The molecule has 4 aromatic rings. The Kier molecular flexibility index (Phi) is 7.18. The number of rotatable bonds is 9. The van der Waals surface area contributed by atoms with Gasteiger partial charge in [0, 0.05) is 17.0 Å². The van der Waals surface area contributed by atoms with Crippen LogP contribution in [-0.4, -0.2) is 52.8 Å². The summed E-state index contributed by atoms with van der Waals surface area (Å²) in [5.74, 6) is 8.40. The summed E-state index contributed by atoms with van der Waals surface area (Å²) in [6.45, 7) is 0. The van der Waals surface area contributed by atoms with E-state index in [9.17, 15) is 4.79 Å². The van der Waals surface area contributed by atoms with E-state index in [1.807, 2.05) is 41.8 Å². The van der Waals surface area contributed by atoms with Gasteiger partial charge >= 0.3 is 0 Å². The third kappa shape index (κ3) is 4.92. The van der Waals surface area contributed by atoms with Crippen LogP contribution in [0.25, 0.3) is 22.6 Å². The number of nitrogens with zero attached hydrogens (tertiary/aromatic N) is 4. The van der Waals surface area contributed by atoms with E-state index in [0.29, 0.717) is 44.6 Å². The van der Waals surface area contributed by atoms with Gasteiger partial charge in [0.05, 0.1) is 38.3 Å². The lowest BCUT2D eigenvalue weighted by Gasteiger charge is -2.08. The van der Waals surface area contributed by atoms with Crippen LogP contribution in [0.1, 0.15) is 0 Å². The van der Waals surface area contributed by atoms with Gasteiger partial charge in [0.15, 0.2) is 11.0 Å². The van der Waals surface area contributed by atoms with E-state index in [-0.39, 0.29) is 11.7 Å². The molecule has 0 fully saturated rings. The highest BCUT2D eigenvalue weighted by Gasteiger charge is 2.17. The molecule has 0 bridgehead atoms. The number of nitrogen functional groups attached to an aromatic ring is 1. The second kappa shape index (κ2) is 10.4. The van der Waals surface area contributed by atoms with Crippen LogP contribution in [-0.2, 0) is 4.79 Å².